The molecule has 2 N–H and O–H groups in total. The van der Waals surface area contributed by atoms with Gasteiger partial charge in [-0.1, -0.05) is 24.3 Å². The average molecular weight is 393 g/mol. The highest BCUT2D eigenvalue weighted by Gasteiger charge is 2.15. The molecule has 0 fully saturated rings. The molecule has 0 aliphatic heterocycles. The number of carbonyl (C=O) groups is 1. The molecule has 0 saturated carbocycles. The smallest absolute Gasteiger partial charge is 0.256 e. The van der Waals surface area contributed by atoms with E-state index in [4.69, 9.17) is 0 Å². The lowest BCUT2D eigenvalue weighted by atomic mass is 10.1. The summed E-state index contributed by atoms with van der Waals surface area (Å²) in [5.74, 6) is 0.270. The van der Waals surface area contributed by atoms with Crippen molar-refractivity contribution in [2.75, 3.05) is 5.32 Å². The molecule has 2 aromatic carbocycles. The highest BCUT2D eigenvalue weighted by molar-refractivity contribution is 6.13. The summed E-state index contributed by atoms with van der Waals surface area (Å²) in [5.41, 5.74) is 4.08. The maximum absolute atomic E-state index is 13.1. The van der Waals surface area contributed by atoms with Gasteiger partial charge in [0.05, 0.1) is 22.5 Å². The molecule has 1 amide bonds. The largest absolute Gasteiger partial charge is 0.322 e. The highest BCUT2D eigenvalue weighted by atomic mass is 16.1. The van der Waals surface area contributed by atoms with Crippen LogP contribution in [0, 0.1) is 0 Å². The zero-order valence-electron chi connectivity index (χ0n) is 15.6. The molecule has 0 spiro atoms. The summed E-state index contributed by atoms with van der Waals surface area (Å²) in [6.45, 7) is 0. The Labute approximate surface area is 171 Å². The number of amides is 1. The minimum absolute atomic E-state index is 0.224. The topological polar surface area (TPSA) is 109 Å². The van der Waals surface area contributed by atoms with E-state index in [1.807, 2.05) is 54.6 Å². The fourth-order valence-corrected chi connectivity index (χ4v) is 3.19. The minimum atomic E-state index is -0.224. The van der Waals surface area contributed by atoms with Gasteiger partial charge >= 0.3 is 0 Å². The Morgan fingerprint density at radius 1 is 0.900 bits per heavy atom. The standard InChI is InChI=1S/C22H15N7O/c30-22(24-15-10-8-14(9-11-15)21-26-28-29-27-21)17-13-20(19-7-3-4-12-23-19)25-18-6-2-1-5-16(17)18/h1-13H,(H,24,30)(H,26,27,28,29). The Bertz CT molecular complexity index is 1320. The maximum Gasteiger partial charge on any atom is 0.256 e. The second kappa shape index (κ2) is 7.51. The summed E-state index contributed by atoms with van der Waals surface area (Å²) < 4.78 is 0. The molecule has 5 aromatic rings. The number of nitrogens with zero attached hydrogens (tertiary/aromatic N) is 5. The van der Waals surface area contributed by atoms with Crippen molar-refractivity contribution in [3.8, 4) is 22.8 Å². The van der Waals surface area contributed by atoms with Gasteiger partial charge in [0.15, 0.2) is 0 Å². The number of rotatable bonds is 4. The zero-order valence-corrected chi connectivity index (χ0v) is 15.6. The molecule has 0 atom stereocenters. The van der Waals surface area contributed by atoms with E-state index in [0.29, 0.717) is 28.5 Å². The first-order valence-corrected chi connectivity index (χ1v) is 9.24. The number of hydrogen-bond donors (Lipinski definition) is 2. The summed E-state index contributed by atoms with van der Waals surface area (Å²) in [6.07, 6.45) is 1.71. The summed E-state index contributed by atoms with van der Waals surface area (Å²) in [4.78, 5) is 22.2. The number of pyridine rings is 2. The van der Waals surface area contributed by atoms with Gasteiger partial charge in [-0.05, 0) is 53.7 Å². The molecule has 30 heavy (non-hydrogen) atoms. The number of para-hydroxylation sites is 1. The molecule has 5 rings (SSSR count). The number of nitrogens with one attached hydrogen (secondary N) is 2. The molecule has 0 bridgehead atoms. The number of anilines is 1. The van der Waals surface area contributed by atoms with Gasteiger partial charge in [-0.2, -0.15) is 5.21 Å². The van der Waals surface area contributed by atoms with Crippen molar-refractivity contribution >= 4 is 22.5 Å². The van der Waals surface area contributed by atoms with Crippen molar-refractivity contribution in [2.45, 2.75) is 0 Å². The van der Waals surface area contributed by atoms with E-state index >= 15 is 0 Å². The van der Waals surface area contributed by atoms with Crippen LogP contribution in [0.25, 0.3) is 33.7 Å². The van der Waals surface area contributed by atoms with Crippen molar-refractivity contribution in [2.24, 2.45) is 0 Å². The van der Waals surface area contributed by atoms with Gasteiger partial charge in [-0.15, -0.1) is 10.2 Å². The minimum Gasteiger partial charge on any atom is -0.322 e. The van der Waals surface area contributed by atoms with Gasteiger partial charge in [0.2, 0.25) is 5.82 Å². The third-order valence-electron chi connectivity index (χ3n) is 4.63. The number of H-pyrrole nitrogens is 1. The lowest BCUT2D eigenvalue weighted by molar-refractivity contribution is 0.102. The molecule has 0 aliphatic carbocycles. The summed E-state index contributed by atoms with van der Waals surface area (Å²) >= 11 is 0. The third kappa shape index (κ3) is 3.37. The Kier molecular flexibility index (Phi) is 4.41. The number of aromatic nitrogens is 6. The number of carbonyl (C=O) groups excluding carboxylic acids is 1. The lowest BCUT2D eigenvalue weighted by Crippen LogP contribution is -2.13. The summed E-state index contributed by atoms with van der Waals surface area (Å²) in [6, 6.07) is 22.2. The zero-order chi connectivity index (χ0) is 20.3. The van der Waals surface area contributed by atoms with Crippen molar-refractivity contribution in [1.82, 2.24) is 30.6 Å². The number of benzene rings is 2. The van der Waals surface area contributed by atoms with Crippen LogP contribution in [0.4, 0.5) is 5.69 Å². The third-order valence-corrected chi connectivity index (χ3v) is 4.63. The van der Waals surface area contributed by atoms with Crippen LogP contribution in [0.5, 0.6) is 0 Å². The normalized spacial score (nSPS) is 10.8. The average Bonchev–Trinajstić information content (AvgIpc) is 3.34. The van der Waals surface area contributed by atoms with Crippen molar-refractivity contribution in [1.29, 1.82) is 0 Å². The number of aromatic amines is 1. The SMILES string of the molecule is O=C(Nc1ccc(-c2nn[nH]n2)cc1)c1cc(-c2ccccn2)nc2ccccc12. The molecular formula is C22H15N7O. The van der Waals surface area contributed by atoms with Gasteiger partial charge in [-0.25, -0.2) is 4.98 Å². The van der Waals surface area contributed by atoms with Gasteiger partial charge in [0.1, 0.15) is 0 Å². The molecule has 0 aliphatic rings. The Morgan fingerprint density at radius 2 is 1.73 bits per heavy atom. The fraction of sp³-hybridized carbons (Fsp3) is 0. The lowest BCUT2D eigenvalue weighted by Gasteiger charge is -2.10. The summed E-state index contributed by atoms with van der Waals surface area (Å²) in [5, 5.41) is 17.6. The van der Waals surface area contributed by atoms with Crippen molar-refractivity contribution < 1.29 is 4.79 Å². The van der Waals surface area contributed by atoms with E-state index in [1.54, 1.807) is 24.4 Å². The van der Waals surface area contributed by atoms with E-state index in [-0.39, 0.29) is 5.91 Å². The van der Waals surface area contributed by atoms with Crippen LogP contribution in [-0.2, 0) is 0 Å². The van der Waals surface area contributed by atoms with Crippen LogP contribution in [-0.4, -0.2) is 36.5 Å². The Hall–Kier alpha value is -4.46. The molecule has 3 aromatic heterocycles. The van der Waals surface area contributed by atoms with Gasteiger partial charge in [-0.3, -0.25) is 9.78 Å². The van der Waals surface area contributed by atoms with Crippen LogP contribution >= 0.6 is 0 Å². The number of fused-ring (bicyclic) bond motifs is 1. The monoisotopic (exact) mass is 393 g/mol. The molecule has 144 valence electrons. The Balaban J connectivity index is 1.49. The molecule has 3 heterocycles. The molecule has 0 unspecified atom stereocenters. The van der Waals surface area contributed by atoms with Crippen molar-refractivity contribution in [3.63, 3.8) is 0 Å². The first-order chi connectivity index (χ1) is 14.8. The van der Waals surface area contributed by atoms with Crippen LogP contribution in [0.3, 0.4) is 0 Å². The molecule has 8 heteroatoms. The van der Waals surface area contributed by atoms with E-state index in [0.717, 1.165) is 16.5 Å². The molecular weight excluding hydrogens is 378 g/mol. The van der Waals surface area contributed by atoms with Gasteiger partial charge in [0.25, 0.3) is 5.91 Å². The first-order valence-electron chi connectivity index (χ1n) is 9.24. The van der Waals surface area contributed by atoms with Crippen LogP contribution in [0.15, 0.2) is 79.0 Å². The van der Waals surface area contributed by atoms with E-state index in [2.05, 4.69) is 35.9 Å². The molecule has 0 saturated heterocycles. The number of tetrazole rings is 1. The predicted octanol–water partition coefficient (Wildman–Crippen LogP) is 3.73. The fourth-order valence-electron chi connectivity index (χ4n) is 3.19. The van der Waals surface area contributed by atoms with E-state index in [9.17, 15) is 4.79 Å². The molecule has 0 radical (unpaired) electrons. The number of hydrogen-bond acceptors (Lipinski definition) is 6. The van der Waals surface area contributed by atoms with Crippen molar-refractivity contribution in [3.05, 3.63) is 84.6 Å². The van der Waals surface area contributed by atoms with Crippen LogP contribution < -0.4 is 5.32 Å². The highest BCUT2D eigenvalue weighted by Crippen LogP contribution is 2.25. The second-order valence-electron chi connectivity index (χ2n) is 6.55. The van der Waals surface area contributed by atoms with Gasteiger partial charge in [0, 0.05) is 22.8 Å². The second-order valence-corrected chi connectivity index (χ2v) is 6.55. The quantitative estimate of drug-likeness (QED) is 0.481. The van der Waals surface area contributed by atoms with E-state index in [1.165, 1.54) is 0 Å². The molecule has 8 nitrogen and oxygen atoms in total. The summed E-state index contributed by atoms with van der Waals surface area (Å²) in [7, 11) is 0. The maximum atomic E-state index is 13.1. The van der Waals surface area contributed by atoms with E-state index < -0.39 is 0 Å². The van der Waals surface area contributed by atoms with Gasteiger partial charge < -0.3 is 5.32 Å². The first kappa shape index (κ1) is 17.6. The predicted molar refractivity (Wildman–Crippen MR) is 113 cm³/mol. The van der Waals surface area contributed by atoms with Crippen LogP contribution in [0.2, 0.25) is 0 Å². The van der Waals surface area contributed by atoms with Crippen LogP contribution in [0.1, 0.15) is 10.4 Å². The Morgan fingerprint density at radius 3 is 2.50 bits per heavy atom.